The van der Waals surface area contributed by atoms with Crippen LogP contribution < -0.4 is 10.6 Å². The first-order valence-electron chi connectivity index (χ1n) is 8.54. The first-order chi connectivity index (χ1) is 12.6. The Hall–Kier alpha value is -2.32. The minimum absolute atomic E-state index is 0.469. The Bertz CT molecular complexity index is 788. The van der Waals surface area contributed by atoms with Crippen molar-refractivity contribution in [3.05, 3.63) is 41.6 Å². The van der Waals surface area contributed by atoms with Gasteiger partial charge in [-0.1, -0.05) is 18.2 Å². The Morgan fingerprint density at radius 3 is 2.69 bits per heavy atom. The molecule has 0 bridgehead atoms. The van der Waals surface area contributed by atoms with E-state index in [0.29, 0.717) is 12.4 Å². The van der Waals surface area contributed by atoms with Gasteiger partial charge in [0, 0.05) is 23.6 Å². The minimum atomic E-state index is -0.661. The molecule has 2 N–H and O–H groups in total. The lowest BCUT2D eigenvalue weighted by Crippen LogP contribution is -2.37. The van der Waals surface area contributed by atoms with E-state index < -0.39 is 11.8 Å². The number of carbonyl (C=O) groups is 2. The monoisotopic (exact) mass is 373 g/mol. The standard InChI is InChI=1S/C18H23N5O2S/c1-22(2)10-6-9-19-17(24)18(25)20-16-14-11-26-12-15(14)21-23(16)13-7-4-3-5-8-13/h3-5,7-8H,6,9-12H2,1-2H3,(H,19,24)(H,20,25). The quantitative estimate of drug-likeness (QED) is 0.594. The molecule has 0 saturated carbocycles. The van der Waals surface area contributed by atoms with E-state index in [2.05, 4.69) is 15.7 Å². The number of rotatable bonds is 6. The van der Waals surface area contributed by atoms with Gasteiger partial charge in [-0.3, -0.25) is 9.59 Å². The highest BCUT2D eigenvalue weighted by Crippen LogP contribution is 2.35. The number of aromatic nitrogens is 2. The van der Waals surface area contributed by atoms with Gasteiger partial charge in [-0.2, -0.15) is 16.9 Å². The van der Waals surface area contributed by atoms with Crippen molar-refractivity contribution in [1.29, 1.82) is 0 Å². The summed E-state index contributed by atoms with van der Waals surface area (Å²) in [5, 5.41) is 10.0. The summed E-state index contributed by atoms with van der Waals surface area (Å²) in [7, 11) is 3.94. The second-order valence-corrected chi connectivity index (χ2v) is 7.37. The highest BCUT2D eigenvalue weighted by atomic mass is 32.2. The van der Waals surface area contributed by atoms with Gasteiger partial charge in [-0.15, -0.1) is 0 Å². The van der Waals surface area contributed by atoms with Crippen molar-refractivity contribution in [1.82, 2.24) is 20.0 Å². The molecule has 0 spiro atoms. The van der Waals surface area contributed by atoms with E-state index >= 15 is 0 Å². The van der Waals surface area contributed by atoms with E-state index in [9.17, 15) is 9.59 Å². The summed E-state index contributed by atoms with van der Waals surface area (Å²) in [5.41, 5.74) is 2.81. The third-order valence-corrected chi connectivity index (χ3v) is 5.03. The van der Waals surface area contributed by atoms with Crippen LogP contribution in [-0.2, 0) is 21.1 Å². The van der Waals surface area contributed by atoms with Gasteiger partial charge in [-0.05, 0) is 39.2 Å². The van der Waals surface area contributed by atoms with Crippen LogP contribution in [0.4, 0.5) is 5.82 Å². The smallest absolute Gasteiger partial charge is 0.314 e. The maximum Gasteiger partial charge on any atom is 0.314 e. The second kappa shape index (κ2) is 8.37. The summed E-state index contributed by atoms with van der Waals surface area (Å²) in [5.74, 6) is 0.900. The zero-order chi connectivity index (χ0) is 18.5. The molecule has 7 nitrogen and oxygen atoms in total. The van der Waals surface area contributed by atoms with Crippen molar-refractivity contribution in [3.8, 4) is 5.69 Å². The first-order valence-corrected chi connectivity index (χ1v) is 9.69. The normalized spacial score (nSPS) is 12.9. The molecule has 2 heterocycles. The summed E-state index contributed by atoms with van der Waals surface area (Å²) in [6.45, 7) is 1.32. The molecule has 0 radical (unpaired) electrons. The van der Waals surface area contributed by atoms with E-state index in [1.54, 1.807) is 16.4 Å². The number of amides is 2. The Kier molecular flexibility index (Phi) is 5.95. The molecule has 0 unspecified atom stereocenters. The lowest BCUT2D eigenvalue weighted by atomic mass is 10.2. The lowest BCUT2D eigenvalue weighted by molar-refractivity contribution is -0.136. The second-order valence-electron chi connectivity index (χ2n) is 6.38. The fourth-order valence-electron chi connectivity index (χ4n) is 2.74. The van der Waals surface area contributed by atoms with Crippen molar-refractivity contribution in [2.24, 2.45) is 0 Å². The summed E-state index contributed by atoms with van der Waals surface area (Å²) in [6.07, 6.45) is 0.792. The first kappa shape index (κ1) is 18.5. The molecule has 26 heavy (non-hydrogen) atoms. The van der Waals surface area contributed by atoms with Crippen molar-refractivity contribution in [3.63, 3.8) is 0 Å². The zero-order valence-electron chi connectivity index (χ0n) is 15.0. The van der Waals surface area contributed by atoms with Crippen LogP contribution >= 0.6 is 11.8 Å². The van der Waals surface area contributed by atoms with Crippen LogP contribution in [0.25, 0.3) is 5.69 Å². The third kappa shape index (κ3) is 4.25. The Morgan fingerprint density at radius 2 is 1.96 bits per heavy atom. The van der Waals surface area contributed by atoms with Gasteiger partial charge in [0.2, 0.25) is 0 Å². The van der Waals surface area contributed by atoms with Crippen LogP contribution in [0.3, 0.4) is 0 Å². The van der Waals surface area contributed by atoms with Gasteiger partial charge in [-0.25, -0.2) is 4.68 Å². The summed E-state index contributed by atoms with van der Waals surface area (Å²) in [6, 6.07) is 9.61. The Morgan fingerprint density at radius 1 is 1.19 bits per heavy atom. The number of thioether (sulfide) groups is 1. The number of anilines is 1. The largest absolute Gasteiger partial charge is 0.348 e. The average molecular weight is 373 g/mol. The van der Waals surface area contributed by atoms with Gasteiger partial charge in [0.05, 0.1) is 11.4 Å². The molecule has 2 aromatic rings. The third-order valence-electron chi connectivity index (χ3n) is 4.06. The number of fused-ring (bicyclic) bond motifs is 1. The number of para-hydroxylation sites is 1. The predicted molar refractivity (Wildman–Crippen MR) is 103 cm³/mol. The molecule has 0 aliphatic carbocycles. The van der Waals surface area contributed by atoms with Gasteiger partial charge in [0.1, 0.15) is 5.82 Å². The molecule has 1 aromatic carbocycles. The molecule has 0 saturated heterocycles. The molecular weight excluding hydrogens is 350 g/mol. The number of nitrogens with one attached hydrogen (secondary N) is 2. The van der Waals surface area contributed by atoms with Gasteiger partial charge in [0.15, 0.2) is 0 Å². The molecule has 3 rings (SSSR count). The van der Waals surface area contributed by atoms with Crippen molar-refractivity contribution < 1.29 is 9.59 Å². The van der Waals surface area contributed by atoms with Gasteiger partial charge < -0.3 is 15.5 Å². The average Bonchev–Trinajstić information content (AvgIpc) is 3.21. The summed E-state index contributed by atoms with van der Waals surface area (Å²) >= 11 is 1.75. The van der Waals surface area contributed by atoms with E-state index in [0.717, 1.165) is 41.4 Å². The molecule has 2 amide bonds. The van der Waals surface area contributed by atoms with Crippen LogP contribution in [0, 0.1) is 0 Å². The number of carbonyl (C=O) groups excluding carboxylic acids is 2. The number of hydrogen-bond acceptors (Lipinski definition) is 5. The molecule has 8 heteroatoms. The molecule has 138 valence electrons. The highest BCUT2D eigenvalue weighted by Gasteiger charge is 2.26. The molecule has 1 aromatic heterocycles. The molecule has 1 aliphatic rings. The summed E-state index contributed by atoms with van der Waals surface area (Å²) in [4.78, 5) is 26.5. The van der Waals surface area contributed by atoms with Crippen LogP contribution in [0.5, 0.6) is 0 Å². The molecule has 1 aliphatic heterocycles. The SMILES string of the molecule is CN(C)CCCNC(=O)C(=O)Nc1c2c(nn1-c1ccccc1)CSC2. The maximum atomic E-state index is 12.3. The van der Waals surface area contributed by atoms with Crippen LogP contribution in [0.1, 0.15) is 17.7 Å². The van der Waals surface area contributed by atoms with Crippen LogP contribution in [0.2, 0.25) is 0 Å². The van der Waals surface area contributed by atoms with Crippen LogP contribution in [-0.4, -0.2) is 53.7 Å². The summed E-state index contributed by atoms with van der Waals surface area (Å²) < 4.78 is 1.71. The number of nitrogens with zero attached hydrogens (tertiary/aromatic N) is 3. The van der Waals surface area contributed by atoms with Crippen molar-refractivity contribution >= 4 is 29.4 Å². The van der Waals surface area contributed by atoms with Crippen molar-refractivity contribution in [2.75, 3.05) is 32.5 Å². The van der Waals surface area contributed by atoms with Gasteiger partial charge >= 0.3 is 11.8 Å². The molecule has 0 atom stereocenters. The fraction of sp³-hybridized carbons (Fsp3) is 0.389. The van der Waals surface area contributed by atoms with E-state index in [4.69, 9.17) is 0 Å². The topological polar surface area (TPSA) is 79.3 Å². The minimum Gasteiger partial charge on any atom is -0.348 e. The molecule has 0 fully saturated rings. The van der Waals surface area contributed by atoms with E-state index in [1.165, 1.54) is 0 Å². The Balaban J connectivity index is 1.71. The molecular formula is C18H23N5O2S. The maximum absolute atomic E-state index is 12.3. The van der Waals surface area contributed by atoms with E-state index in [1.807, 2.05) is 49.3 Å². The van der Waals surface area contributed by atoms with Crippen molar-refractivity contribution in [2.45, 2.75) is 17.9 Å². The van der Waals surface area contributed by atoms with E-state index in [-0.39, 0.29) is 0 Å². The zero-order valence-corrected chi connectivity index (χ0v) is 15.8. The predicted octanol–water partition coefficient (Wildman–Crippen LogP) is 1.63. The Labute approximate surface area is 157 Å². The van der Waals surface area contributed by atoms with Crippen LogP contribution in [0.15, 0.2) is 30.3 Å². The fourth-order valence-corrected chi connectivity index (χ4v) is 3.77. The highest BCUT2D eigenvalue weighted by molar-refractivity contribution is 7.98. The number of benzene rings is 1. The van der Waals surface area contributed by atoms with Gasteiger partial charge in [0.25, 0.3) is 0 Å². The number of hydrogen-bond donors (Lipinski definition) is 2. The lowest BCUT2D eigenvalue weighted by Gasteiger charge is -2.12.